The molecule has 2 aromatic heterocycles. The summed E-state index contributed by atoms with van der Waals surface area (Å²) in [7, 11) is 1.41. The Balaban J connectivity index is 1.93. The molecular formula is C28H25F4N3O4. The zero-order valence-electron chi connectivity index (χ0n) is 21.5. The number of halogens is 4. The van der Waals surface area contributed by atoms with Gasteiger partial charge in [-0.15, -0.1) is 0 Å². The van der Waals surface area contributed by atoms with Crippen LogP contribution >= 0.6 is 0 Å². The third-order valence-corrected chi connectivity index (χ3v) is 5.51. The van der Waals surface area contributed by atoms with E-state index in [4.69, 9.17) is 9.15 Å². The smallest absolute Gasteiger partial charge is 0.405 e. The Morgan fingerprint density at radius 1 is 1.00 bits per heavy atom. The molecule has 2 aromatic carbocycles. The van der Waals surface area contributed by atoms with Gasteiger partial charge in [0.15, 0.2) is 0 Å². The molecule has 1 amide bonds. The van der Waals surface area contributed by atoms with E-state index < -0.39 is 36.0 Å². The van der Waals surface area contributed by atoms with E-state index in [0.717, 1.165) is 0 Å². The lowest BCUT2D eigenvalue weighted by molar-refractivity contribution is -0.115. The zero-order chi connectivity index (χ0) is 28.5. The molecule has 39 heavy (non-hydrogen) atoms. The molecule has 0 radical (unpaired) electrons. The van der Waals surface area contributed by atoms with Gasteiger partial charge in [-0.3, -0.25) is 4.79 Å². The first-order valence-electron chi connectivity index (χ1n) is 11.9. The first kappa shape index (κ1) is 27.6. The number of hydrogen-bond acceptors (Lipinski definition) is 6. The second-order valence-corrected chi connectivity index (χ2v) is 9.68. The standard InChI is InChI=1S/C28H25F4N3O4/c1-27(2,3)39-26(37)17-7-5-6-16(12-17)19-13-20-21(24(36)33-4)22(15-8-10-18(29)11-9-15)38-25(20)35-23(19)34-14-28(30,31)32/h5-13H,14H2,1-4H3,(H,33,36)(H,34,35). The zero-order valence-corrected chi connectivity index (χ0v) is 21.5. The van der Waals surface area contributed by atoms with Crippen LogP contribution in [0, 0.1) is 5.82 Å². The fourth-order valence-corrected chi connectivity index (χ4v) is 3.87. The van der Waals surface area contributed by atoms with Crippen molar-refractivity contribution in [2.75, 3.05) is 18.9 Å². The Morgan fingerprint density at radius 3 is 2.31 bits per heavy atom. The van der Waals surface area contributed by atoms with Crippen molar-refractivity contribution < 1.29 is 36.3 Å². The summed E-state index contributed by atoms with van der Waals surface area (Å²) >= 11 is 0. The van der Waals surface area contributed by atoms with E-state index in [2.05, 4.69) is 15.6 Å². The summed E-state index contributed by atoms with van der Waals surface area (Å²) in [6.07, 6.45) is -4.55. The predicted octanol–water partition coefficient (Wildman–Crippen LogP) is 6.59. The van der Waals surface area contributed by atoms with Gasteiger partial charge >= 0.3 is 12.1 Å². The summed E-state index contributed by atoms with van der Waals surface area (Å²) in [5.41, 5.74) is 0.284. The minimum absolute atomic E-state index is 0.0678. The maximum atomic E-state index is 13.5. The van der Waals surface area contributed by atoms with Crippen molar-refractivity contribution in [3.8, 4) is 22.5 Å². The van der Waals surface area contributed by atoms with Crippen molar-refractivity contribution >= 4 is 28.8 Å². The van der Waals surface area contributed by atoms with E-state index in [1.165, 1.54) is 49.5 Å². The number of carbonyl (C=O) groups excluding carboxylic acids is 2. The van der Waals surface area contributed by atoms with E-state index in [-0.39, 0.29) is 39.4 Å². The molecule has 0 aliphatic rings. The molecule has 4 rings (SSSR count). The molecule has 0 fully saturated rings. The van der Waals surface area contributed by atoms with E-state index in [0.29, 0.717) is 11.1 Å². The average Bonchev–Trinajstić information content (AvgIpc) is 3.24. The number of esters is 1. The summed E-state index contributed by atoms with van der Waals surface area (Å²) in [5.74, 6) is -1.77. The van der Waals surface area contributed by atoms with E-state index in [1.807, 2.05) is 0 Å². The van der Waals surface area contributed by atoms with Gasteiger partial charge in [0.05, 0.1) is 16.5 Å². The van der Waals surface area contributed by atoms with Gasteiger partial charge in [0.25, 0.3) is 5.91 Å². The SMILES string of the molecule is CNC(=O)c1c(-c2ccc(F)cc2)oc2nc(NCC(F)(F)F)c(-c3cccc(C(=O)OC(C)(C)C)c3)cc12. The van der Waals surface area contributed by atoms with Crippen LogP contribution in [0.25, 0.3) is 33.6 Å². The lowest BCUT2D eigenvalue weighted by atomic mass is 10.00. The highest BCUT2D eigenvalue weighted by Crippen LogP contribution is 2.38. The molecule has 2 N–H and O–H groups in total. The number of nitrogens with one attached hydrogen (secondary N) is 2. The number of amides is 1. The van der Waals surface area contributed by atoms with Gasteiger partial charge in [0.1, 0.15) is 29.5 Å². The second-order valence-electron chi connectivity index (χ2n) is 9.68. The largest absolute Gasteiger partial charge is 0.456 e. The molecule has 2 heterocycles. The number of benzene rings is 2. The lowest BCUT2D eigenvalue weighted by Gasteiger charge is -2.20. The molecule has 0 atom stereocenters. The Hall–Kier alpha value is -4.41. The topological polar surface area (TPSA) is 93.5 Å². The van der Waals surface area contributed by atoms with Crippen molar-refractivity contribution in [2.24, 2.45) is 0 Å². The van der Waals surface area contributed by atoms with Crippen LogP contribution in [0.3, 0.4) is 0 Å². The van der Waals surface area contributed by atoms with Gasteiger partial charge in [-0.05, 0) is 68.8 Å². The third-order valence-electron chi connectivity index (χ3n) is 5.51. The van der Waals surface area contributed by atoms with Crippen molar-refractivity contribution in [1.29, 1.82) is 0 Å². The molecule has 0 bridgehead atoms. The normalized spacial score (nSPS) is 11.9. The predicted molar refractivity (Wildman–Crippen MR) is 138 cm³/mol. The van der Waals surface area contributed by atoms with Crippen LogP contribution in [0.2, 0.25) is 0 Å². The summed E-state index contributed by atoms with van der Waals surface area (Å²) in [6, 6.07) is 12.8. The number of ether oxygens (including phenoxy) is 1. The van der Waals surface area contributed by atoms with Gasteiger partial charge in [-0.1, -0.05) is 12.1 Å². The maximum absolute atomic E-state index is 13.5. The van der Waals surface area contributed by atoms with E-state index in [1.54, 1.807) is 32.9 Å². The molecule has 0 saturated carbocycles. The Labute approximate surface area is 221 Å². The van der Waals surface area contributed by atoms with Crippen LogP contribution in [-0.2, 0) is 4.74 Å². The Morgan fingerprint density at radius 2 is 1.69 bits per heavy atom. The number of pyridine rings is 1. The molecule has 0 spiro atoms. The van der Waals surface area contributed by atoms with Crippen LogP contribution in [0.5, 0.6) is 0 Å². The highest BCUT2D eigenvalue weighted by atomic mass is 19.4. The molecule has 204 valence electrons. The first-order chi connectivity index (χ1) is 18.3. The first-order valence-corrected chi connectivity index (χ1v) is 11.9. The molecule has 0 aliphatic carbocycles. The quantitative estimate of drug-likeness (QED) is 0.211. The molecule has 0 aliphatic heterocycles. The number of alkyl halides is 3. The number of anilines is 1. The van der Waals surface area contributed by atoms with Crippen LogP contribution < -0.4 is 10.6 Å². The maximum Gasteiger partial charge on any atom is 0.405 e. The highest BCUT2D eigenvalue weighted by Gasteiger charge is 2.29. The number of aromatic nitrogens is 1. The van der Waals surface area contributed by atoms with Crippen molar-refractivity contribution in [3.63, 3.8) is 0 Å². The number of rotatable bonds is 6. The molecule has 4 aromatic rings. The van der Waals surface area contributed by atoms with Gasteiger partial charge < -0.3 is 19.8 Å². The number of carbonyl (C=O) groups is 2. The summed E-state index contributed by atoms with van der Waals surface area (Å²) in [6.45, 7) is 3.75. The Bertz CT molecular complexity index is 1540. The van der Waals surface area contributed by atoms with Crippen LogP contribution in [0.15, 0.2) is 59.0 Å². The van der Waals surface area contributed by atoms with Gasteiger partial charge in [-0.2, -0.15) is 18.2 Å². The monoisotopic (exact) mass is 543 g/mol. The molecule has 0 saturated heterocycles. The Kier molecular flexibility index (Phi) is 7.36. The van der Waals surface area contributed by atoms with Crippen LogP contribution in [-0.4, -0.2) is 42.2 Å². The summed E-state index contributed by atoms with van der Waals surface area (Å²) < 4.78 is 64.2. The van der Waals surface area contributed by atoms with E-state index in [9.17, 15) is 27.2 Å². The number of furan rings is 1. The van der Waals surface area contributed by atoms with Gasteiger partial charge in [0.2, 0.25) is 5.71 Å². The van der Waals surface area contributed by atoms with E-state index >= 15 is 0 Å². The van der Waals surface area contributed by atoms with Crippen molar-refractivity contribution in [1.82, 2.24) is 10.3 Å². The average molecular weight is 544 g/mol. The van der Waals surface area contributed by atoms with Gasteiger partial charge in [0, 0.05) is 18.2 Å². The van der Waals surface area contributed by atoms with Crippen LogP contribution in [0.4, 0.5) is 23.4 Å². The minimum Gasteiger partial charge on any atom is -0.456 e. The summed E-state index contributed by atoms with van der Waals surface area (Å²) in [5, 5.41) is 5.02. The fourth-order valence-electron chi connectivity index (χ4n) is 3.87. The second kappa shape index (κ2) is 10.4. The molecule has 11 heteroatoms. The van der Waals surface area contributed by atoms with Gasteiger partial charge in [-0.25, -0.2) is 9.18 Å². The van der Waals surface area contributed by atoms with Crippen molar-refractivity contribution in [3.05, 3.63) is 71.5 Å². The number of hydrogen-bond donors (Lipinski definition) is 2. The fraction of sp³-hybridized carbons (Fsp3) is 0.250. The third kappa shape index (κ3) is 6.36. The van der Waals surface area contributed by atoms with Crippen molar-refractivity contribution in [2.45, 2.75) is 32.5 Å². The molecule has 0 unspecified atom stereocenters. The summed E-state index contributed by atoms with van der Waals surface area (Å²) in [4.78, 5) is 29.9. The van der Waals surface area contributed by atoms with Crippen LogP contribution in [0.1, 0.15) is 41.5 Å². The highest BCUT2D eigenvalue weighted by molar-refractivity contribution is 6.11. The molecular weight excluding hydrogens is 518 g/mol. The molecule has 7 nitrogen and oxygen atoms in total. The lowest BCUT2D eigenvalue weighted by Crippen LogP contribution is -2.24. The minimum atomic E-state index is -4.55. The number of fused-ring (bicyclic) bond motifs is 1. The number of nitrogens with zero attached hydrogens (tertiary/aromatic N) is 1.